The molecule has 0 saturated carbocycles. The van der Waals surface area contributed by atoms with Gasteiger partial charge >= 0.3 is 0 Å². The molecule has 0 bridgehead atoms. The normalized spacial score (nSPS) is 10.8. The maximum Gasteiger partial charge on any atom is 0.122 e. The van der Waals surface area contributed by atoms with Gasteiger partial charge in [0, 0.05) is 10.6 Å². The molecule has 0 atom stereocenters. The molecule has 0 aliphatic carbocycles. The molecule has 80 valence electrons. The number of halogens is 1. The van der Waals surface area contributed by atoms with E-state index < -0.39 is 0 Å². The van der Waals surface area contributed by atoms with Crippen LogP contribution in [0.5, 0.6) is 5.75 Å². The van der Waals surface area contributed by atoms with E-state index in [1.54, 1.807) is 18.2 Å². The lowest BCUT2D eigenvalue weighted by molar-refractivity contribution is 0.474. The molecule has 0 spiro atoms. The molecule has 0 fully saturated rings. The summed E-state index contributed by atoms with van der Waals surface area (Å²) in [5.74, 6) is 0.233. The average molecular weight is 231 g/mol. The lowest BCUT2D eigenvalue weighted by Gasteiger charge is -1.99. The molecule has 0 saturated heterocycles. The van der Waals surface area contributed by atoms with Gasteiger partial charge in [0.15, 0.2) is 0 Å². The van der Waals surface area contributed by atoms with Gasteiger partial charge in [0.05, 0.1) is 0 Å². The van der Waals surface area contributed by atoms with Crippen molar-refractivity contribution in [1.29, 1.82) is 0 Å². The lowest BCUT2D eigenvalue weighted by atomic mass is 10.1. The number of phenols is 1. The van der Waals surface area contributed by atoms with Crippen molar-refractivity contribution in [1.82, 2.24) is 0 Å². The summed E-state index contributed by atoms with van der Waals surface area (Å²) in [7, 11) is 0. The monoisotopic (exact) mass is 230 g/mol. The van der Waals surface area contributed by atoms with Gasteiger partial charge in [-0.2, -0.15) is 0 Å². The van der Waals surface area contributed by atoms with Gasteiger partial charge in [-0.15, -0.1) is 0 Å². The zero-order chi connectivity index (χ0) is 11.4. The maximum atomic E-state index is 9.60. The Hall–Kier alpha value is -1.73. The van der Waals surface area contributed by atoms with E-state index in [0.717, 1.165) is 11.1 Å². The van der Waals surface area contributed by atoms with Crippen LogP contribution in [-0.2, 0) is 0 Å². The van der Waals surface area contributed by atoms with E-state index in [1.807, 2.05) is 42.5 Å². The number of phenolic OH excluding ortho intramolecular Hbond substituents is 1. The molecule has 16 heavy (non-hydrogen) atoms. The minimum Gasteiger partial charge on any atom is -0.507 e. The summed E-state index contributed by atoms with van der Waals surface area (Å²) >= 11 is 5.85. The van der Waals surface area contributed by atoms with E-state index in [0.29, 0.717) is 5.02 Å². The fourth-order valence-corrected chi connectivity index (χ4v) is 1.59. The van der Waals surface area contributed by atoms with Crippen molar-refractivity contribution in [3.8, 4) is 5.75 Å². The highest BCUT2D eigenvalue weighted by Gasteiger charge is 1.97. The Morgan fingerprint density at radius 1 is 0.938 bits per heavy atom. The smallest absolute Gasteiger partial charge is 0.122 e. The third-order valence-electron chi connectivity index (χ3n) is 2.24. The molecule has 0 aliphatic heterocycles. The van der Waals surface area contributed by atoms with Gasteiger partial charge in [-0.1, -0.05) is 54.1 Å². The summed E-state index contributed by atoms with van der Waals surface area (Å²) < 4.78 is 0. The summed E-state index contributed by atoms with van der Waals surface area (Å²) in [5.41, 5.74) is 1.80. The highest BCUT2D eigenvalue weighted by Crippen LogP contribution is 2.23. The average Bonchev–Trinajstić information content (AvgIpc) is 2.32. The van der Waals surface area contributed by atoms with Crippen molar-refractivity contribution in [2.24, 2.45) is 0 Å². The Morgan fingerprint density at radius 3 is 2.44 bits per heavy atom. The predicted octanol–water partition coefficient (Wildman–Crippen LogP) is 4.22. The first-order valence-corrected chi connectivity index (χ1v) is 5.35. The topological polar surface area (TPSA) is 20.2 Å². The minimum absolute atomic E-state index is 0.233. The zero-order valence-corrected chi connectivity index (χ0v) is 9.35. The number of hydrogen-bond donors (Lipinski definition) is 1. The molecule has 0 radical (unpaired) electrons. The SMILES string of the molecule is Oc1ccc(Cl)cc1/C=C/c1ccccc1. The van der Waals surface area contributed by atoms with Gasteiger partial charge in [-0.05, 0) is 23.8 Å². The van der Waals surface area contributed by atoms with Crippen LogP contribution in [0.15, 0.2) is 48.5 Å². The fourth-order valence-electron chi connectivity index (χ4n) is 1.41. The van der Waals surface area contributed by atoms with Crippen LogP contribution >= 0.6 is 11.6 Å². The van der Waals surface area contributed by atoms with Crippen molar-refractivity contribution >= 4 is 23.8 Å². The van der Waals surface area contributed by atoms with E-state index in [2.05, 4.69) is 0 Å². The number of aromatic hydroxyl groups is 1. The second-order valence-electron chi connectivity index (χ2n) is 3.45. The Kier molecular flexibility index (Phi) is 3.28. The van der Waals surface area contributed by atoms with Crippen molar-refractivity contribution < 1.29 is 5.11 Å². The minimum atomic E-state index is 0.233. The van der Waals surface area contributed by atoms with E-state index >= 15 is 0 Å². The lowest BCUT2D eigenvalue weighted by Crippen LogP contribution is -1.75. The van der Waals surface area contributed by atoms with Crippen LogP contribution in [0.4, 0.5) is 0 Å². The Morgan fingerprint density at radius 2 is 1.69 bits per heavy atom. The molecule has 1 N–H and O–H groups in total. The maximum absolute atomic E-state index is 9.60. The van der Waals surface area contributed by atoms with E-state index in [4.69, 9.17) is 11.6 Å². The van der Waals surface area contributed by atoms with Gasteiger partial charge in [-0.25, -0.2) is 0 Å². The van der Waals surface area contributed by atoms with Crippen LogP contribution in [0.1, 0.15) is 11.1 Å². The van der Waals surface area contributed by atoms with Crippen molar-refractivity contribution in [3.63, 3.8) is 0 Å². The molecule has 2 aromatic carbocycles. The molecule has 2 heteroatoms. The van der Waals surface area contributed by atoms with Crippen LogP contribution in [0.2, 0.25) is 5.02 Å². The van der Waals surface area contributed by atoms with E-state index in [9.17, 15) is 5.11 Å². The number of benzene rings is 2. The fraction of sp³-hybridized carbons (Fsp3) is 0. The first-order valence-electron chi connectivity index (χ1n) is 4.97. The van der Waals surface area contributed by atoms with Gasteiger partial charge in [-0.3, -0.25) is 0 Å². The third-order valence-corrected chi connectivity index (χ3v) is 2.48. The molecular formula is C14H11ClO. The van der Waals surface area contributed by atoms with Gasteiger partial charge < -0.3 is 5.11 Å². The molecule has 0 amide bonds. The number of rotatable bonds is 2. The Labute approximate surface area is 99.6 Å². The highest BCUT2D eigenvalue weighted by molar-refractivity contribution is 6.30. The van der Waals surface area contributed by atoms with Gasteiger partial charge in [0.25, 0.3) is 0 Å². The van der Waals surface area contributed by atoms with Crippen LogP contribution in [0.3, 0.4) is 0 Å². The van der Waals surface area contributed by atoms with Crippen molar-refractivity contribution in [2.45, 2.75) is 0 Å². The van der Waals surface area contributed by atoms with Crippen LogP contribution in [0.25, 0.3) is 12.2 Å². The molecule has 2 rings (SSSR count). The number of hydrogen-bond acceptors (Lipinski definition) is 1. The quantitative estimate of drug-likeness (QED) is 0.766. The molecule has 1 nitrogen and oxygen atoms in total. The molecule has 2 aromatic rings. The van der Waals surface area contributed by atoms with Gasteiger partial charge in [0.1, 0.15) is 5.75 Å². The summed E-state index contributed by atoms with van der Waals surface area (Å²) in [6, 6.07) is 14.9. The molecule has 0 aromatic heterocycles. The first kappa shape index (κ1) is 10.8. The van der Waals surface area contributed by atoms with E-state index in [1.165, 1.54) is 0 Å². The van der Waals surface area contributed by atoms with Crippen LogP contribution in [0, 0.1) is 0 Å². The zero-order valence-electron chi connectivity index (χ0n) is 8.60. The van der Waals surface area contributed by atoms with E-state index in [-0.39, 0.29) is 5.75 Å². The summed E-state index contributed by atoms with van der Waals surface area (Å²) in [5, 5.41) is 10.2. The van der Waals surface area contributed by atoms with Crippen LogP contribution in [-0.4, -0.2) is 5.11 Å². The first-order chi connectivity index (χ1) is 7.75. The third kappa shape index (κ3) is 2.65. The molecule has 0 aliphatic rings. The van der Waals surface area contributed by atoms with Crippen molar-refractivity contribution in [3.05, 3.63) is 64.7 Å². The standard InChI is InChI=1S/C14H11ClO/c15-13-8-9-14(16)12(10-13)7-6-11-4-2-1-3-5-11/h1-10,16H/b7-6+. The van der Waals surface area contributed by atoms with Crippen LogP contribution < -0.4 is 0 Å². The second kappa shape index (κ2) is 4.86. The molecule has 0 heterocycles. The summed E-state index contributed by atoms with van der Waals surface area (Å²) in [4.78, 5) is 0. The molecule has 0 unspecified atom stereocenters. The predicted molar refractivity (Wildman–Crippen MR) is 68.5 cm³/mol. The highest BCUT2D eigenvalue weighted by atomic mass is 35.5. The summed E-state index contributed by atoms with van der Waals surface area (Å²) in [6.07, 6.45) is 3.78. The van der Waals surface area contributed by atoms with Crippen molar-refractivity contribution in [2.75, 3.05) is 0 Å². The summed E-state index contributed by atoms with van der Waals surface area (Å²) in [6.45, 7) is 0. The largest absolute Gasteiger partial charge is 0.507 e. The Bertz CT molecular complexity index is 503. The molecular weight excluding hydrogens is 220 g/mol. The second-order valence-corrected chi connectivity index (χ2v) is 3.88. The Balaban J connectivity index is 2.27. The van der Waals surface area contributed by atoms with Gasteiger partial charge in [0.2, 0.25) is 0 Å².